The molecule has 0 saturated heterocycles. The fraction of sp³-hybridized carbons (Fsp3) is 0.154. The average molecular weight is 502 g/mol. The van der Waals surface area contributed by atoms with Crippen LogP contribution in [0.5, 0.6) is 5.75 Å². The van der Waals surface area contributed by atoms with E-state index in [1.807, 2.05) is 24.3 Å². The summed E-state index contributed by atoms with van der Waals surface area (Å²) >= 11 is 0. The highest BCUT2D eigenvalue weighted by molar-refractivity contribution is 6.01. The van der Waals surface area contributed by atoms with Crippen LogP contribution in [0.4, 0.5) is 26.3 Å². The number of ether oxygens (including phenoxy) is 1. The van der Waals surface area contributed by atoms with E-state index in [4.69, 9.17) is 0 Å². The lowest BCUT2D eigenvalue weighted by Gasteiger charge is -2.23. The number of carbonyl (C=O) groups is 1. The molecule has 1 aromatic heterocycles. The zero-order valence-corrected chi connectivity index (χ0v) is 18.5. The third-order valence-electron chi connectivity index (χ3n) is 5.13. The van der Waals surface area contributed by atoms with Gasteiger partial charge in [-0.1, -0.05) is 36.3 Å². The molecule has 0 aliphatic rings. The Morgan fingerprint density at radius 2 is 1.58 bits per heavy atom. The van der Waals surface area contributed by atoms with E-state index in [1.165, 1.54) is 19.1 Å². The molecule has 0 aliphatic heterocycles. The maximum atomic E-state index is 12.7. The number of nitrogens with one attached hydrogen (secondary N) is 1. The zero-order valence-electron chi connectivity index (χ0n) is 18.5. The molecule has 3 aromatic carbocycles. The van der Waals surface area contributed by atoms with Crippen LogP contribution >= 0.6 is 0 Å². The van der Waals surface area contributed by atoms with Crippen molar-refractivity contribution in [2.75, 3.05) is 0 Å². The van der Waals surface area contributed by atoms with Crippen molar-refractivity contribution in [3.63, 3.8) is 0 Å². The van der Waals surface area contributed by atoms with Crippen LogP contribution in [0.15, 0.2) is 66.7 Å². The van der Waals surface area contributed by atoms with Gasteiger partial charge in [0.05, 0.1) is 11.0 Å². The standard InChI is InChI=1S/C26H16F6N2O2/c1-15(35)19-4-2-3-5-20(19)17-9-12-21-22(14-17)34-23(33-21)13-8-16-6-10-18(11-7-16)36-24(25(27,28)29)26(30,31)32/h2-7,9-12,14,24H,1H3,(H,33,34). The molecule has 4 rings (SSSR count). The molecule has 0 atom stereocenters. The molecule has 4 nitrogen and oxygen atoms in total. The summed E-state index contributed by atoms with van der Waals surface area (Å²) in [5.74, 6) is 5.16. The van der Waals surface area contributed by atoms with Crippen LogP contribution < -0.4 is 4.74 Å². The Balaban J connectivity index is 1.54. The molecule has 0 bridgehead atoms. The van der Waals surface area contributed by atoms with Crippen LogP contribution in [0.2, 0.25) is 0 Å². The van der Waals surface area contributed by atoms with Gasteiger partial charge in [0.25, 0.3) is 6.10 Å². The molecule has 0 saturated carbocycles. The van der Waals surface area contributed by atoms with Crippen molar-refractivity contribution < 1.29 is 35.9 Å². The van der Waals surface area contributed by atoms with Crippen LogP contribution in [-0.4, -0.2) is 34.2 Å². The average Bonchev–Trinajstić information content (AvgIpc) is 3.22. The first kappa shape index (κ1) is 24.9. The van der Waals surface area contributed by atoms with Gasteiger partial charge in [0.2, 0.25) is 0 Å². The smallest absolute Gasteiger partial charge is 0.434 e. The predicted molar refractivity (Wildman–Crippen MR) is 120 cm³/mol. The molecule has 0 spiro atoms. The van der Waals surface area contributed by atoms with E-state index >= 15 is 0 Å². The van der Waals surface area contributed by atoms with Crippen molar-refractivity contribution in [3.05, 3.63) is 83.7 Å². The SMILES string of the molecule is CC(=O)c1ccccc1-c1ccc2[nH]c(C#Cc3ccc(OC(C(F)(F)F)C(F)(F)F)cc3)nc2c1. The number of halogens is 6. The number of benzene rings is 3. The van der Waals surface area contributed by atoms with E-state index < -0.39 is 24.2 Å². The fourth-order valence-corrected chi connectivity index (χ4v) is 3.48. The lowest BCUT2D eigenvalue weighted by atomic mass is 9.97. The second-order valence-electron chi connectivity index (χ2n) is 7.77. The van der Waals surface area contributed by atoms with Gasteiger partial charge in [-0.25, -0.2) is 4.98 Å². The van der Waals surface area contributed by atoms with Gasteiger partial charge in [0, 0.05) is 11.1 Å². The molecule has 0 amide bonds. The first-order chi connectivity index (χ1) is 16.9. The number of hydrogen-bond acceptors (Lipinski definition) is 3. The Labute approximate surface area is 200 Å². The number of nitrogens with zero attached hydrogens (tertiary/aromatic N) is 1. The van der Waals surface area contributed by atoms with Crippen LogP contribution in [0, 0.1) is 11.8 Å². The van der Waals surface area contributed by atoms with E-state index in [0.717, 1.165) is 23.3 Å². The number of rotatable bonds is 4. The third-order valence-corrected chi connectivity index (χ3v) is 5.13. The van der Waals surface area contributed by atoms with E-state index in [2.05, 4.69) is 26.5 Å². The summed E-state index contributed by atoms with van der Waals surface area (Å²) in [6.45, 7) is 1.49. The maximum absolute atomic E-state index is 12.7. The molecule has 0 unspecified atom stereocenters. The van der Waals surface area contributed by atoms with E-state index in [9.17, 15) is 31.1 Å². The molecular formula is C26H16F6N2O2. The highest BCUT2D eigenvalue weighted by Crippen LogP contribution is 2.36. The highest BCUT2D eigenvalue weighted by atomic mass is 19.4. The zero-order chi connectivity index (χ0) is 26.1. The molecular weight excluding hydrogens is 486 g/mol. The first-order valence-corrected chi connectivity index (χ1v) is 10.4. The van der Waals surface area contributed by atoms with Crippen LogP contribution in [0.3, 0.4) is 0 Å². The number of alkyl halides is 6. The lowest BCUT2D eigenvalue weighted by Crippen LogP contribution is -2.46. The predicted octanol–water partition coefficient (Wildman–Crippen LogP) is 6.70. The lowest BCUT2D eigenvalue weighted by molar-refractivity contribution is -0.299. The van der Waals surface area contributed by atoms with Crippen molar-refractivity contribution in [2.45, 2.75) is 25.4 Å². The van der Waals surface area contributed by atoms with Gasteiger partial charge in [0.1, 0.15) is 5.75 Å². The van der Waals surface area contributed by atoms with Crippen LogP contribution in [-0.2, 0) is 0 Å². The summed E-state index contributed by atoms with van der Waals surface area (Å²) in [6, 6.07) is 17.1. The molecule has 184 valence electrons. The molecule has 10 heteroatoms. The number of aromatic nitrogens is 2. The largest absolute Gasteiger partial charge is 0.471 e. The minimum absolute atomic E-state index is 0.0666. The topological polar surface area (TPSA) is 55.0 Å². The van der Waals surface area contributed by atoms with Crippen molar-refractivity contribution in [1.82, 2.24) is 9.97 Å². The number of carbonyl (C=O) groups excluding carboxylic acids is 1. The summed E-state index contributed by atoms with van der Waals surface area (Å²) in [5, 5.41) is 0. The van der Waals surface area contributed by atoms with E-state index in [1.54, 1.807) is 18.2 Å². The summed E-state index contributed by atoms with van der Waals surface area (Å²) in [4.78, 5) is 19.4. The minimum Gasteiger partial charge on any atom is -0.471 e. The fourth-order valence-electron chi connectivity index (χ4n) is 3.48. The number of Topliss-reactive ketones (excluding diaryl/α,β-unsaturated/α-hetero) is 1. The van der Waals surface area contributed by atoms with Gasteiger partial charge >= 0.3 is 12.4 Å². The Kier molecular flexibility index (Phi) is 6.50. The Bertz CT molecular complexity index is 1460. The maximum Gasteiger partial charge on any atom is 0.434 e. The number of imidazole rings is 1. The summed E-state index contributed by atoms with van der Waals surface area (Å²) < 4.78 is 80.1. The van der Waals surface area contributed by atoms with Crippen LogP contribution in [0.25, 0.3) is 22.2 Å². The summed E-state index contributed by atoms with van der Waals surface area (Å²) in [5.41, 5.74) is 3.77. The summed E-state index contributed by atoms with van der Waals surface area (Å²) in [6.07, 6.45) is -15.1. The van der Waals surface area contributed by atoms with Crippen molar-refractivity contribution in [1.29, 1.82) is 0 Å². The number of ketones is 1. The molecule has 4 aromatic rings. The number of H-pyrrole nitrogens is 1. The van der Waals surface area contributed by atoms with E-state index in [0.29, 0.717) is 28.0 Å². The van der Waals surface area contributed by atoms with Crippen molar-refractivity contribution >= 4 is 16.8 Å². The van der Waals surface area contributed by atoms with Gasteiger partial charge in [-0.05, 0) is 60.4 Å². The number of fused-ring (bicyclic) bond motifs is 1. The van der Waals surface area contributed by atoms with Gasteiger partial charge in [-0.3, -0.25) is 4.79 Å². The highest BCUT2D eigenvalue weighted by Gasteiger charge is 2.59. The minimum atomic E-state index is -5.61. The van der Waals surface area contributed by atoms with Gasteiger partial charge in [-0.2, -0.15) is 26.3 Å². The second-order valence-corrected chi connectivity index (χ2v) is 7.77. The van der Waals surface area contributed by atoms with E-state index in [-0.39, 0.29) is 5.78 Å². The Morgan fingerprint density at radius 1 is 0.917 bits per heavy atom. The molecule has 1 N–H and O–H groups in total. The molecule has 0 radical (unpaired) electrons. The first-order valence-electron chi connectivity index (χ1n) is 10.4. The molecule has 36 heavy (non-hydrogen) atoms. The molecule has 1 heterocycles. The Hall–Kier alpha value is -4.26. The van der Waals surface area contributed by atoms with Gasteiger partial charge in [0.15, 0.2) is 11.6 Å². The third kappa shape index (κ3) is 5.51. The molecule has 0 aliphatic carbocycles. The normalized spacial score (nSPS) is 11.9. The number of hydrogen-bond donors (Lipinski definition) is 1. The molecule has 0 fully saturated rings. The van der Waals surface area contributed by atoms with Gasteiger partial charge in [-0.15, -0.1) is 0 Å². The monoisotopic (exact) mass is 502 g/mol. The summed E-state index contributed by atoms with van der Waals surface area (Å²) in [7, 11) is 0. The van der Waals surface area contributed by atoms with Crippen LogP contribution in [0.1, 0.15) is 28.7 Å². The van der Waals surface area contributed by atoms with Crippen molar-refractivity contribution in [3.8, 4) is 28.7 Å². The quantitative estimate of drug-likeness (QED) is 0.192. The number of aromatic amines is 1. The Morgan fingerprint density at radius 3 is 2.22 bits per heavy atom. The van der Waals surface area contributed by atoms with Crippen molar-refractivity contribution in [2.24, 2.45) is 0 Å². The van der Waals surface area contributed by atoms with Gasteiger partial charge < -0.3 is 9.72 Å². The second kappa shape index (κ2) is 9.41.